The SMILES string of the molecule is CCc1nn(Cc2ccccc2C)c(CC)c1I. The Balaban J connectivity index is 2.37. The Kier molecular flexibility index (Phi) is 4.43. The Hall–Kier alpha value is -0.840. The van der Waals surface area contributed by atoms with Gasteiger partial charge in [0.1, 0.15) is 0 Å². The lowest BCUT2D eigenvalue weighted by Gasteiger charge is -2.08. The van der Waals surface area contributed by atoms with Crippen LogP contribution in [-0.4, -0.2) is 9.78 Å². The summed E-state index contributed by atoms with van der Waals surface area (Å²) in [5, 5.41) is 4.74. The molecule has 0 aliphatic rings. The second-order valence-corrected chi connectivity index (χ2v) is 5.58. The zero-order chi connectivity index (χ0) is 13.1. The van der Waals surface area contributed by atoms with E-state index < -0.39 is 0 Å². The third-order valence-electron chi connectivity index (χ3n) is 3.31. The molecule has 2 rings (SSSR count). The Morgan fingerprint density at radius 3 is 2.50 bits per heavy atom. The molecule has 18 heavy (non-hydrogen) atoms. The van der Waals surface area contributed by atoms with Crippen molar-refractivity contribution in [1.82, 2.24) is 9.78 Å². The van der Waals surface area contributed by atoms with Gasteiger partial charge in [0.05, 0.1) is 21.5 Å². The van der Waals surface area contributed by atoms with Crippen molar-refractivity contribution in [2.45, 2.75) is 40.2 Å². The van der Waals surface area contributed by atoms with E-state index in [-0.39, 0.29) is 0 Å². The van der Waals surface area contributed by atoms with E-state index in [1.807, 2.05) is 0 Å². The van der Waals surface area contributed by atoms with Crippen LogP contribution in [0.15, 0.2) is 24.3 Å². The van der Waals surface area contributed by atoms with E-state index in [1.165, 1.54) is 26.1 Å². The van der Waals surface area contributed by atoms with Crippen molar-refractivity contribution < 1.29 is 0 Å². The molecule has 0 radical (unpaired) electrons. The summed E-state index contributed by atoms with van der Waals surface area (Å²) < 4.78 is 3.51. The number of aryl methyl sites for hydroxylation is 2. The van der Waals surface area contributed by atoms with Gasteiger partial charge in [0, 0.05) is 0 Å². The first kappa shape index (κ1) is 13.6. The summed E-state index contributed by atoms with van der Waals surface area (Å²) in [7, 11) is 0. The minimum absolute atomic E-state index is 0.881. The van der Waals surface area contributed by atoms with Gasteiger partial charge in [-0.3, -0.25) is 4.68 Å². The molecule has 1 aromatic heterocycles. The highest BCUT2D eigenvalue weighted by molar-refractivity contribution is 14.1. The van der Waals surface area contributed by atoms with Crippen molar-refractivity contribution in [3.05, 3.63) is 50.4 Å². The second kappa shape index (κ2) is 5.87. The van der Waals surface area contributed by atoms with Crippen molar-refractivity contribution in [3.8, 4) is 0 Å². The van der Waals surface area contributed by atoms with Gasteiger partial charge in [0.15, 0.2) is 0 Å². The quantitative estimate of drug-likeness (QED) is 0.760. The molecule has 0 saturated carbocycles. The van der Waals surface area contributed by atoms with Crippen LogP contribution in [0.5, 0.6) is 0 Å². The lowest BCUT2D eigenvalue weighted by molar-refractivity contribution is 0.638. The average Bonchev–Trinajstić information content (AvgIpc) is 2.68. The van der Waals surface area contributed by atoms with Gasteiger partial charge in [-0.15, -0.1) is 0 Å². The van der Waals surface area contributed by atoms with E-state index in [1.54, 1.807) is 0 Å². The van der Waals surface area contributed by atoms with Crippen LogP contribution in [0, 0.1) is 10.5 Å². The molecule has 0 aliphatic carbocycles. The number of aromatic nitrogens is 2. The van der Waals surface area contributed by atoms with Crippen LogP contribution in [0.4, 0.5) is 0 Å². The first-order valence-corrected chi connectivity index (χ1v) is 7.53. The van der Waals surface area contributed by atoms with Crippen LogP contribution in [0.1, 0.15) is 36.4 Å². The Bertz CT molecular complexity index is 543. The van der Waals surface area contributed by atoms with Crippen molar-refractivity contribution in [1.29, 1.82) is 0 Å². The molecular weight excluding hydrogens is 335 g/mol. The zero-order valence-corrected chi connectivity index (χ0v) is 13.4. The maximum Gasteiger partial charge on any atom is 0.0758 e. The van der Waals surface area contributed by atoms with E-state index in [4.69, 9.17) is 5.10 Å². The van der Waals surface area contributed by atoms with Crippen LogP contribution in [0.25, 0.3) is 0 Å². The number of benzene rings is 1. The molecule has 0 aliphatic heterocycles. The first-order valence-electron chi connectivity index (χ1n) is 6.45. The number of rotatable bonds is 4. The topological polar surface area (TPSA) is 17.8 Å². The van der Waals surface area contributed by atoms with Crippen LogP contribution in [-0.2, 0) is 19.4 Å². The number of hydrogen-bond acceptors (Lipinski definition) is 1. The van der Waals surface area contributed by atoms with Gasteiger partial charge >= 0.3 is 0 Å². The van der Waals surface area contributed by atoms with E-state index in [2.05, 4.69) is 72.3 Å². The molecule has 0 saturated heterocycles. The summed E-state index contributed by atoms with van der Waals surface area (Å²) in [5.74, 6) is 0. The van der Waals surface area contributed by atoms with E-state index in [9.17, 15) is 0 Å². The monoisotopic (exact) mass is 354 g/mol. The van der Waals surface area contributed by atoms with Gasteiger partial charge in [0.2, 0.25) is 0 Å². The Morgan fingerprint density at radius 1 is 1.17 bits per heavy atom. The Morgan fingerprint density at radius 2 is 1.89 bits per heavy atom. The third-order valence-corrected chi connectivity index (χ3v) is 4.56. The van der Waals surface area contributed by atoms with Gasteiger partial charge in [-0.25, -0.2) is 0 Å². The highest BCUT2D eigenvalue weighted by atomic mass is 127. The molecule has 0 atom stereocenters. The molecule has 0 fully saturated rings. The lowest BCUT2D eigenvalue weighted by Crippen LogP contribution is -2.07. The molecule has 0 spiro atoms. The predicted molar refractivity (Wildman–Crippen MR) is 84.0 cm³/mol. The van der Waals surface area contributed by atoms with Gasteiger partial charge in [-0.05, 0) is 53.5 Å². The smallest absolute Gasteiger partial charge is 0.0758 e. The highest BCUT2D eigenvalue weighted by Crippen LogP contribution is 2.20. The molecule has 0 N–H and O–H groups in total. The maximum absolute atomic E-state index is 4.74. The normalized spacial score (nSPS) is 10.9. The summed E-state index contributed by atoms with van der Waals surface area (Å²) >= 11 is 2.43. The van der Waals surface area contributed by atoms with E-state index in [0.29, 0.717) is 0 Å². The summed E-state index contributed by atoms with van der Waals surface area (Å²) in [6, 6.07) is 8.54. The molecule has 0 unspecified atom stereocenters. The minimum Gasteiger partial charge on any atom is -0.264 e. The fourth-order valence-electron chi connectivity index (χ4n) is 2.17. The molecule has 2 nitrogen and oxygen atoms in total. The van der Waals surface area contributed by atoms with Crippen molar-refractivity contribution in [3.63, 3.8) is 0 Å². The molecule has 0 bridgehead atoms. The molecule has 3 heteroatoms. The van der Waals surface area contributed by atoms with E-state index >= 15 is 0 Å². The summed E-state index contributed by atoms with van der Waals surface area (Å²) in [5.41, 5.74) is 5.27. The summed E-state index contributed by atoms with van der Waals surface area (Å²) in [6.45, 7) is 7.41. The number of hydrogen-bond donors (Lipinski definition) is 0. The van der Waals surface area contributed by atoms with Crippen LogP contribution in [0.2, 0.25) is 0 Å². The standard InChI is InChI=1S/C15H19IN2/c1-4-13-15(16)14(5-2)18(17-13)10-12-9-7-6-8-11(12)3/h6-9H,4-5,10H2,1-3H3. The summed E-state index contributed by atoms with van der Waals surface area (Å²) in [4.78, 5) is 0. The first-order chi connectivity index (χ1) is 8.67. The fraction of sp³-hybridized carbons (Fsp3) is 0.400. The molecule has 2 aromatic rings. The zero-order valence-electron chi connectivity index (χ0n) is 11.2. The highest BCUT2D eigenvalue weighted by Gasteiger charge is 2.13. The molecule has 0 amide bonds. The summed E-state index contributed by atoms with van der Waals surface area (Å²) in [6.07, 6.45) is 2.04. The predicted octanol–water partition coefficient (Wildman–Crippen LogP) is 3.97. The molecule has 1 aromatic carbocycles. The van der Waals surface area contributed by atoms with Crippen molar-refractivity contribution in [2.24, 2.45) is 0 Å². The van der Waals surface area contributed by atoms with Crippen LogP contribution < -0.4 is 0 Å². The largest absolute Gasteiger partial charge is 0.264 e. The van der Waals surface area contributed by atoms with Crippen molar-refractivity contribution in [2.75, 3.05) is 0 Å². The van der Waals surface area contributed by atoms with E-state index in [0.717, 1.165) is 19.4 Å². The maximum atomic E-state index is 4.74. The number of nitrogens with zero attached hydrogens (tertiary/aromatic N) is 2. The third kappa shape index (κ3) is 2.60. The second-order valence-electron chi connectivity index (χ2n) is 4.50. The molecule has 1 heterocycles. The van der Waals surface area contributed by atoms with Gasteiger partial charge in [-0.1, -0.05) is 38.1 Å². The average molecular weight is 354 g/mol. The van der Waals surface area contributed by atoms with Gasteiger partial charge < -0.3 is 0 Å². The van der Waals surface area contributed by atoms with Gasteiger partial charge in [0.25, 0.3) is 0 Å². The lowest BCUT2D eigenvalue weighted by atomic mass is 10.1. The fourth-order valence-corrected chi connectivity index (χ4v) is 3.32. The van der Waals surface area contributed by atoms with Crippen molar-refractivity contribution >= 4 is 22.6 Å². The van der Waals surface area contributed by atoms with Gasteiger partial charge in [-0.2, -0.15) is 5.10 Å². The van der Waals surface area contributed by atoms with Crippen LogP contribution in [0.3, 0.4) is 0 Å². The minimum atomic E-state index is 0.881. The molecular formula is C15H19IN2. The molecule has 96 valence electrons. The van der Waals surface area contributed by atoms with Crippen LogP contribution >= 0.6 is 22.6 Å². The Labute approximate surface area is 123 Å². The number of halogens is 1.